The van der Waals surface area contributed by atoms with E-state index in [-0.39, 0.29) is 18.9 Å². The number of anilines is 1. The number of carbonyl (C=O) groups excluding carboxylic acids is 2. The first-order chi connectivity index (χ1) is 13.3. The summed E-state index contributed by atoms with van der Waals surface area (Å²) in [5.41, 5.74) is 1.86. The van der Waals surface area contributed by atoms with Gasteiger partial charge in [-0.05, 0) is 37.1 Å². The molecule has 8 heteroatoms. The molecule has 2 aromatic rings. The largest absolute Gasteiger partial charge is 0.494 e. The standard InChI is InChI=1S/C20H21F3N2O3/c1-14-8-10-16(11-9-14)28-12-4-7-18(26)25-17-6-3-2-5-15(17)13-24-19(27)20(21,22)23/h2-3,5-6,8-11H,4,7,12-13H2,1H3,(H,24,27)(H,25,26). The lowest BCUT2D eigenvalue weighted by Gasteiger charge is -2.13. The van der Waals surface area contributed by atoms with E-state index in [1.165, 1.54) is 6.07 Å². The molecule has 2 aromatic carbocycles. The average molecular weight is 394 g/mol. The summed E-state index contributed by atoms with van der Waals surface area (Å²) in [5, 5.41) is 4.44. The summed E-state index contributed by atoms with van der Waals surface area (Å²) in [6.07, 6.45) is -4.28. The SMILES string of the molecule is Cc1ccc(OCCCC(=O)Nc2ccccc2CNC(=O)C(F)(F)F)cc1. The van der Waals surface area contributed by atoms with Gasteiger partial charge in [0.05, 0.1) is 6.61 Å². The molecule has 2 N–H and O–H groups in total. The van der Waals surface area contributed by atoms with E-state index < -0.39 is 12.1 Å². The summed E-state index contributed by atoms with van der Waals surface area (Å²) < 4.78 is 42.4. The lowest BCUT2D eigenvalue weighted by atomic mass is 10.1. The monoisotopic (exact) mass is 394 g/mol. The molecule has 28 heavy (non-hydrogen) atoms. The van der Waals surface area contributed by atoms with E-state index in [4.69, 9.17) is 4.74 Å². The first-order valence-corrected chi connectivity index (χ1v) is 8.68. The van der Waals surface area contributed by atoms with Crippen LogP contribution in [0.4, 0.5) is 18.9 Å². The van der Waals surface area contributed by atoms with Crippen molar-refractivity contribution in [2.24, 2.45) is 0 Å². The first kappa shape index (κ1) is 21.3. The molecule has 0 spiro atoms. The Hall–Kier alpha value is -3.03. The highest BCUT2D eigenvalue weighted by Crippen LogP contribution is 2.18. The zero-order chi connectivity index (χ0) is 20.6. The van der Waals surface area contributed by atoms with Crippen LogP contribution in [0.1, 0.15) is 24.0 Å². The van der Waals surface area contributed by atoms with E-state index in [1.54, 1.807) is 23.5 Å². The van der Waals surface area contributed by atoms with Crippen LogP contribution in [0.5, 0.6) is 5.75 Å². The van der Waals surface area contributed by atoms with Gasteiger partial charge in [-0.25, -0.2) is 0 Å². The number of hydrogen-bond donors (Lipinski definition) is 2. The molecular weight excluding hydrogens is 373 g/mol. The van der Waals surface area contributed by atoms with E-state index in [0.717, 1.165) is 11.3 Å². The molecule has 0 bridgehead atoms. The first-order valence-electron chi connectivity index (χ1n) is 8.68. The van der Waals surface area contributed by atoms with Gasteiger partial charge in [-0.1, -0.05) is 35.9 Å². The highest BCUT2D eigenvalue weighted by Gasteiger charge is 2.38. The number of alkyl halides is 3. The van der Waals surface area contributed by atoms with Crippen molar-refractivity contribution in [1.29, 1.82) is 0 Å². The number of aryl methyl sites for hydroxylation is 1. The quantitative estimate of drug-likeness (QED) is 0.666. The summed E-state index contributed by atoms with van der Waals surface area (Å²) in [6, 6.07) is 13.9. The lowest BCUT2D eigenvalue weighted by Crippen LogP contribution is -2.36. The van der Waals surface area contributed by atoms with Crippen LogP contribution in [-0.4, -0.2) is 24.6 Å². The second-order valence-electron chi connectivity index (χ2n) is 6.15. The summed E-state index contributed by atoms with van der Waals surface area (Å²) in [6.45, 7) is 1.99. The van der Waals surface area contributed by atoms with Crippen LogP contribution in [-0.2, 0) is 16.1 Å². The molecule has 0 saturated heterocycles. The van der Waals surface area contributed by atoms with E-state index >= 15 is 0 Å². The van der Waals surface area contributed by atoms with Crippen LogP contribution in [0.2, 0.25) is 0 Å². The minimum absolute atomic E-state index is 0.190. The Labute approximate surface area is 160 Å². The minimum Gasteiger partial charge on any atom is -0.494 e. The predicted molar refractivity (Wildman–Crippen MR) is 98.9 cm³/mol. The molecule has 0 saturated carbocycles. The number of para-hydroxylation sites is 1. The third kappa shape index (κ3) is 6.94. The summed E-state index contributed by atoms with van der Waals surface area (Å²) in [5.74, 6) is -1.60. The van der Waals surface area contributed by atoms with E-state index in [0.29, 0.717) is 24.3 Å². The average Bonchev–Trinajstić information content (AvgIpc) is 2.65. The molecule has 0 aliphatic carbocycles. The maximum absolute atomic E-state index is 12.3. The van der Waals surface area contributed by atoms with Crippen molar-refractivity contribution in [3.05, 3.63) is 59.7 Å². The van der Waals surface area contributed by atoms with Gasteiger partial charge in [0.2, 0.25) is 5.91 Å². The second-order valence-corrected chi connectivity index (χ2v) is 6.15. The van der Waals surface area contributed by atoms with E-state index in [2.05, 4.69) is 5.32 Å². The Morgan fingerprint density at radius 3 is 2.39 bits per heavy atom. The summed E-state index contributed by atoms with van der Waals surface area (Å²) in [4.78, 5) is 23.0. The molecule has 0 unspecified atom stereocenters. The van der Waals surface area contributed by atoms with Gasteiger partial charge < -0.3 is 15.4 Å². The third-order valence-corrected chi connectivity index (χ3v) is 3.83. The van der Waals surface area contributed by atoms with Gasteiger partial charge in [0, 0.05) is 18.7 Å². The number of halogens is 3. The molecule has 0 atom stereocenters. The van der Waals surface area contributed by atoms with Gasteiger partial charge in [0.15, 0.2) is 0 Å². The molecule has 150 valence electrons. The molecule has 0 fully saturated rings. The topological polar surface area (TPSA) is 67.4 Å². The van der Waals surface area contributed by atoms with Crippen LogP contribution in [0.25, 0.3) is 0 Å². The predicted octanol–water partition coefficient (Wildman–Crippen LogP) is 3.97. The Balaban J connectivity index is 1.80. The number of amides is 2. The molecule has 0 aromatic heterocycles. The fraction of sp³-hybridized carbons (Fsp3) is 0.300. The Kier molecular flexibility index (Phi) is 7.43. The van der Waals surface area contributed by atoms with Crippen LogP contribution >= 0.6 is 0 Å². The Bertz CT molecular complexity index is 805. The molecule has 0 aliphatic rings. The van der Waals surface area contributed by atoms with E-state index in [9.17, 15) is 22.8 Å². The lowest BCUT2D eigenvalue weighted by molar-refractivity contribution is -0.173. The zero-order valence-electron chi connectivity index (χ0n) is 15.3. The Morgan fingerprint density at radius 2 is 1.71 bits per heavy atom. The van der Waals surface area contributed by atoms with Crippen LogP contribution in [0, 0.1) is 6.92 Å². The molecule has 2 rings (SSSR count). The number of nitrogens with one attached hydrogen (secondary N) is 2. The zero-order valence-corrected chi connectivity index (χ0v) is 15.3. The molecule has 0 radical (unpaired) electrons. The summed E-state index contributed by atoms with van der Waals surface area (Å²) in [7, 11) is 0. The minimum atomic E-state index is -4.95. The third-order valence-electron chi connectivity index (χ3n) is 3.83. The van der Waals surface area contributed by atoms with Crippen LogP contribution in [0.15, 0.2) is 48.5 Å². The van der Waals surface area contributed by atoms with Crippen molar-refractivity contribution in [1.82, 2.24) is 5.32 Å². The number of carbonyl (C=O) groups is 2. The molecular formula is C20H21F3N2O3. The van der Waals surface area contributed by atoms with Gasteiger partial charge in [-0.3, -0.25) is 9.59 Å². The van der Waals surface area contributed by atoms with Crippen molar-refractivity contribution in [3.8, 4) is 5.75 Å². The molecule has 0 aliphatic heterocycles. The van der Waals surface area contributed by atoms with Crippen molar-refractivity contribution in [2.75, 3.05) is 11.9 Å². The van der Waals surface area contributed by atoms with Gasteiger partial charge in [0.1, 0.15) is 5.75 Å². The van der Waals surface area contributed by atoms with Gasteiger partial charge >= 0.3 is 12.1 Å². The maximum atomic E-state index is 12.3. The smallest absolute Gasteiger partial charge is 0.471 e. The highest BCUT2D eigenvalue weighted by atomic mass is 19.4. The summed E-state index contributed by atoms with van der Waals surface area (Å²) >= 11 is 0. The van der Waals surface area contributed by atoms with Crippen molar-refractivity contribution < 1.29 is 27.5 Å². The van der Waals surface area contributed by atoms with Crippen molar-refractivity contribution >= 4 is 17.5 Å². The van der Waals surface area contributed by atoms with Gasteiger partial charge in [-0.2, -0.15) is 13.2 Å². The van der Waals surface area contributed by atoms with Crippen molar-refractivity contribution in [3.63, 3.8) is 0 Å². The molecule has 5 nitrogen and oxygen atoms in total. The normalized spacial score (nSPS) is 11.0. The fourth-order valence-electron chi connectivity index (χ4n) is 2.34. The Morgan fingerprint density at radius 1 is 1.04 bits per heavy atom. The van der Waals surface area contributed by atoms with E-state index in [1.807, 2.05) is 31.2 Å². The van der Waals surface area contributed by atoms with Gasteiger partial charge in [-0.15, -0.1) is 0 Å². The number of rotatable bonds is 8. The van der Waals surface area contributed by atoms with Crippen molar-refractivity contribution in [2.45, 2.75) is 32.5 Å². The molecule has 2 amide bonds. The highest BCUT2D eigenvalue weighted by molar-refractivity contribution is 5.91. The van der Waals surface area contributed by atoms with Crippen LogP contribution < -0.4 is 15.4 Å². The number of benzene rings is 2. The fourth-order valence-corrected chi connectivity index (χ4v) is 2.34. The van der Waals surface area contributed by atoms with Gasteiger partial charge in [0.25, 0.3) is 0 Å². The number of hydrogen-bond acceptors (Lipinski definition) is 3. The maximum Gasteiger partial charge on any atom is 0.471 e. The number of ether oxygens (including phenoxy) is 1. The van der Waals surface area contributed by atoms with Crippen LogP contribution in [0.3, 0.4) is 0 Å². The molecule has 0 heterocycles. The second kappa shape index (κ2) is 9.77.